The van der Waals surface area contributed by atoms with Crippen molar-refractivity contribution >= 4 is 17.7 Å². The molecule has 1 rings (SSSR count). The van der Waals surface area contributed by atoms with Gasteiger partial charge in [-0.05, 0) is 29.0 Å². The molecule has 82 valence electrons. The van der Waals surface area contributed by atoms with Crippen molar-refractivity contribution in [1.29, 1.82) is 0 Å². The van der Waals surface area contributed by atoms with Crippen molar-refractivity contribution in [2.45, 2.75) is 39.5 Å². The van der Waals surface area contributed by atoms with Gasteiger partial charge in [-0.1, -0.05) is 39.8 Å². The van der Waals surface area contributed by atoms with Crippen molar-refractivity contribution < 1.29 is 4.79 Å². The molecule has 0 spiro atoms. The monoisotopic (exact) mass is 222 g/mol. The normalized spacial score (nSPS) is 11.5. The van der Waals surface area contributed by atoms with Crippen LogP contribution in [0, 0.1) is 0 Å². The molecule has 0 saturated carbocycles. The molecule has 0 aliphatic rings. The summed E-state index contributed by atoms with van der Waals surface area (Å²) in [6.45, 7) is 8.57. The van der Waals surface area contributed by atoms with Crippen LogP contribution >= 0.6 is 12.6 Å². The van der Waals surface area contributed by atoms with Crippen LogP contribution in [0.4, 0.5) is 0 Å². The second-order valence-corrected chi connectivity index (χ2v) is 5.19. The lowest BCUT2D eigenvalue weighted by Crippen LogP contribution is -2.12. The maximum atomic E-state index is 11.3. The van der Waals surface area contributed by atoms with Crippen molar-refractivity contribution in [2.24, 2.45) is 0 Å². The van der Waals surface area contributed by atoms with E-state index in [2.05, 4.69) is 46.4 Å². The van der Waals surface area contributed by atoms with E-state index in [1.54, 1.807) is 0 Å². The number of carbonyl (C=O) groups excluding carboxylic acids is 1. The SMILES string of the molecule is CCc1cc(C(C)(C)C)ccc1C(=O)S. The van der Waals surface area contributed by atoms with Gasteiger partial charge < -0.3 is 0 Å². The molecule has 0 unspecified atom stereocenters. The third kappa shape index (κ3) is 2.85. The zero-order valence-corrected chi connectivity index (χ0v) is 10.7. The number of carbonyl (C=O) groups is 1. The van der Waals surface area contributed by atoms with Gasteiger partial charge in [0.25, 0.3) is 0 Å². The Hall–Kier alpha value is -0.760. The first-order chi connectivity index (χ1) is 6.86. The Morgan fingerprint density at radius 1 is 1.33 bits per heavy atom. The highest BCUT2D eigenvalue weighted by molar-refractivity contribution is 7.97. The van der Waals surface area contributed by atoms with E-state index in [0.29, 0.717) is 0 Å². The molecule has 1 nitrogen and oxygen atoms in total. The van der Waals surface area contributed by atoms with E-state index in [9.17, 15) is 4.79 Å². The predicted octanol–water partition coefficient (Wildman–Crippen LogP) is 3.62. The first-order valence-electron chi connectivity index (χ1n) is 5.23. The molecule has 0 aliphatic heterocycles. The smallest absolute Gasteiger partial charge is 0.216 e. The molecule has 15 heavy (non-hydrogen) atoms. The molecule has 0 radical (unpaired) electrons. The molecular formula is C13H18OS. The van der Waals surface area contributed by atoms with Gasteiger partial charge in [0, 0.05) is 5.56 Å². The Balaban J connectivity index is 3.25. The molecule has 0 bridgehead atoms. The number of hydrogen-bond acceptors (Lipinski definition) is 1. The summed E-state index contributed by atoms with van der Waals surface area (Å²) in [5.41, 5.74) is 3.20. The summed E-state index contributed by atoms with van der Waals surface area (Å²) in [5.74, 6) is 0. The summed E-state index contributed by atoms with van der Waals surface area (Å²) in [7, 11) is 0. The third-order valence-corrected chi connectivity index (χ3v) is 2.82. The molecule has 2 heteroatoms. The van der Waals surface area contributed by atoms with Gasteiger partial charge in [0.15, 0.2) is 0 Å². The number of thiol groups is 1. The van der Waals surface area contributed by atoms with Crippen molar-refractivity contribution in [2.75, 3.05) is 0 Å². The fourth-order valence-electron chi connectivity index (χ4n) is 1.56. The maximum absolute atomic E-state index is 11.3. The van der Waals surface area contributed by atoms with Crippen LogP contribution in [0.1, 0.15) is 49.2 Å². The first-order valence-corrected chi connectivity index (χ1v) is 5.67. The zero-order valence-electron chi connectivity index (χ0n) is 9.79. The maximum Gasteiger partial charge on any atom is 0.216 e. The van der Waals surface area contributed by atoms with Gasteiger partial charge in [-0.3, -0.25) is 4.79 Å². The number of hydrogen-bond donors (Lipinski definition) is 1. The lowest BCUT2D eigenvalue weighted by Gasteiger charge is -2.20. The average Bonchev–Trinajstić information content (AvgIpc) is 2.15. The Labute approximate surface area is 97.3 Å². The van der Waals surface area contributed by atoms with Crippen molar-refractivity contribution in [3.05, 3.63) is 34.9 Å². The number of aryl methyl sites for hydroxylation is 1. The number of rotatable bonds is 2. The summed E-state index contributed by atoms with van der Waals surface area (Å²) >= 11 is 3.88. The van der Waals surface area contributed by atoms with Crippen molar-refractivity contribution in [3.63, 3.8) is 0 Å². The lowest BCUT2D eigenvalue weighted by atomic mass is 9.85. The van der Waals surface area contributed by atoms with E-state index >= 15 is 0 Å². The fraction of sp³-hybridized carbons (Fsp3) is 0.462. The summed E-state index contributed by atoms with van der Waals surface area (Å²) in [6.07, 6.45) is 0.867. The Kier molecular flexibility index (Phi) is 3.61. The van der Waals surface area contributed by atoms with E-state index in [1.807, 2.05) is 12.1 Å². The van der Waals surface area contributed by atoms with Gasteiger partial charge >= 0.3 is 0 Å². The van der Waals surface area contributed by atoms with E-state index in [1.165, 1.54) is 5.56 Å². The van der Waals surface area contributed by atoms with Crippen LogP contribution in [-0.4, -0.2) is 5.12 Å². The van der Waals surface area contributed by atoms with Gasteiger partial charge in [-0.2, -0.15) is 0 Å². The fourth-order valence-corrected chi connectivity index (χ4v) is 1.78. The van der Waals surface area contributed by atoms with Crippen molar-refractivity contribution in [3.8, 4) is 0 Å². The van der Waals surface area contributed by atoms with E-state index < -0.39 is 0 Å². The zero-order chi connectivity index (χ0) is 11.6. The standard InChI is InChI=1S/C13H18OS/c1-5-9-8-10(13(2,3)4)6-7-11(9)12(14)15/h6-8H,5H2,1-4H3,(H,14,15). The summed E-state index contributed by atoms with van der Waals surface area (Å²) in [5, 5.41) is -0.146. The van der Waals surface area contributed by atoms with E-state index in [4.69, 9.17) is 0 Å². The minimum atomic E-state index is -0.146. The van der Waals surface area contributed by atoms with Gasteiger partial charge in [0.05, 0.1) is 0 Å². The Morgan fingerprint density at radius 3 is 2.33 bits per heavy atom. The topological polar surface area (TPSA) is 17.1 Å². The largest absolute Gasteiger partial charge is 0.282 e. The number of benzene rings is 1. The van der Waals surface area contributed by atoms with E-state index in [0.717, 1.165) is 17.5 Å². The van der Waals surface area contributed by atoms with E-state index in [-0.39, 0.29) is 10.5 Å². The average molecular weight is 222 g/mol. The van der Waals surface area contributed by atoms with Gasteiger partial charge in [0.2, 0.25) is 5.12 Å². The lowest BCUT2D eigenvalue weighted by molar-refractivity contribution is 0.109. The molecule has 0 aromatic heterocycles. The Bertz CT molecular complexity index is 375. The van der Waals surface area contributed by atoms with Crippen LogP contribution in [-0.2, 0) is 11.8 Å². The minimum absolute atomic E-state index is 0.127. The molecule has 0 aliphatic carbocycles. The molecule has 1 aromatic rings. The Morgan fingerprint density at radius 2 is 1.93 bits per heavy atom. The predicted molar refractivity (Wildman–Crippen MR) is 67.8 cm³/mol. The molecule has 0 N–H and O–H groups in total. The minimum Gasteiger partial charge on any atom is -0.282 e. The van der Waals surface area contributed by atoms with Crippen LogP contribution in [0.2, 0.25) is 0 Å². The first kappa shape index (κ1) is 12.3. The van der Waals surface area contributed by atoms with Crippen LogP contribution in [0.3, 0.4) is 0 Å². The van der Waals surface area contributed by atoms with Crippen LogP contribution in [0.25, 0.3) is 0 Å². The highest BCUT2D eigenvalue weighted by Gasteiger charge is 2.16. The van der Waals surface area contributed by atoms with Crippen molar-refractivity contribution in [1.82, 2.24) is 0 Å². The molecule has 0 amide bonds. The molecule has 0 atom stereocenters. The third-order valence-electron chi connectivity index (χ3n) is 2.58. The second kappa shape index (κ2) is 4.40. The van der Waals surface area contributed by atoms with Gasteiger partial charge in [-0.25, -0.2) is 0 Å². The second-order valence-electron chi connectivity index (χ2n) is 4.78. The summed E-state index contributed by atoms with van der Waals surface area (Å²) < 4.78 is 0. The van der Waals surface area contributed by atoms with Crippen LogP contribution in [0.15, 0.2) is 18.2 Å². The summed E-state index contributed by atoms with van der Waals surface area (Å²) in [4.78, 5) is 11.3. The summed E-state index contributed by atoms with van der Waals surface area (Å²) in [6, 6.07) is 6.01. The molecular weight excluding hydrogens is 204 g/mol. The highest BCUT2D eigenvalue weighted by atomic mass is 32.1. The quantitative estimate of drug-likeness (QED) is 0.756. The molecule has 0 saturated heterocycles. The van der Waals surface area contributed by atoms with Crippen LogP contribution in [0.5, 0.6) is 0 Å². The highest BCUT2D eigenvalue weighted by Crippen LogP contribution is 2.25. The van der Waals surface area contributed by atoms with Gasteiger partial charge in [-0.15, -0.1) is 12.6 Å². The van der Waals surface area contributed by atoms with Crippen LogP contribution < -0.4 is 0 Å². The van der Waals surface area contributed by atoms with Gasteiger partial charge in [0.1, 0.15) is 0 Å². The molecule has 1 aromatic carbocycles. The molecule has 0 heterocycles. The molecule has 0 fully saturated rings.